The Labute approximate surface area is 187 Å². The zero-order chi connectivity index (χ0) is 22.6. The molecule has 0 fully saturated rings. The van der Waals surface area contributed by atoms with Gasteiger partial charge in [0.25, 0.3) is 5.91 Å². The Kier molecular flexibility index (Phi) is 5.94. The van der Waals surface area contributed by atoms with Crippen LogP contribution in [0.25, 0.3) is 11.3 Å². The Hall–Kier alpha value is -4.06. The first-order chi connectivity index (χ1) is 15.4. The average molecular weight is 424 g/mol. The first kappa shape index (κ1) is 21.2. The molecule has 2 heterocycles. The number of benzene rings is 2. The van der Waals surface area contributed by atoms with Gasteiger partial charge >= 0.3 is 0 Å². The van der Waals surface area contributed by atoms with Gasteiger partial charge in [0.05, 0.1) is 5.69 Å². The smallest absolute Gasteiger partial charge is 0.255 e. The van der Waals surface area contributed by atoms with Gasteiger partial charge in [-0.05, 0) is 59.5 Å². The molecule has 0 aliphatic carbocycles. The molecule has 2 aromatic heterocycles. The Bertz CT molecular complexity index is 1210. The molecule has 160 valence electrons. The Balaban J connectivity index is 1.47. The average Bonchev–Trinajstić information content (AvgIpc) is 2.80. The third kappa shape index (κ3) is 5.16. The number of nitrogens with one attached hydrogen (secondary N) is 2. The van der Waals surface area contributed by atoms with Crippen molar-refractivity contribution in [2.24, 2.45) is 0 Å². The van der Waals surface area contributed by atoms with E-state index in [0.717, 1.165) is 16.9 Å². The number of carbonyl (C=O) groups is 1. The molecule has 0 atom stereocenters. The Morgan fingerprint density at radius 2 is 1.66 bits per heavy atom. The second kappa shape index (κ2) is 8.98. The van der Waals surface area contributed by atoms with Crippen molar-refractivity contribution in [1.82, 2.24) is 15.0 Å². The minimum absolute atomic E-state index is 0.0470. The van der Waals surface area contributed by atoms with Crippen LogP contribution in [0.5, 0.6) is 0 Å². The molecule has 0 saturated heterocycles. The van der Waals surface area contributed by atoms with Crippen LogP contribution in [-0.2, 0) is 5.41 Å². The molecular formula is C26H25N5O. The van der Waals surface area contributed by atoms with Gasteiger partial charge in [-0.15, -0.1) is 0 Å². The van der Waals surface area contributed by atoms with Gasteiger partial charge in [-0.3, -0.25) is 9.78 Å². The Morgan fingerprint density at radius 1 is 0.875 bits per heavy atom. The maximum absolute atomic E-state index is 12.7. The van der Waals surface area contributed by atoms with Crippen molar-refractivity contribution >= 4 is 23.2 Å². The summed E-state index contributed by atoms with van der Waals surface area (Å²) in [7, 11) is 0. The van der Waals surface area contributed by atoms with Crippen molar-refractivity contribution in [1.29, 1.82) is 0 Å². The fourth-order valence-electron chi connectivity index (χ4n) is 3.22. The summed E-state index contributed by atoms with van der Waals surface area (Å²) in [4.78, 5) is 25.7. The highest BCUT2D eigenvalue weighted by molar-refractivity contribution is 6.04. The van der Waals surface area contributed by atoms with Crippen LogP contribution in [0.4, 0.5) is 17.3 Å². The minimum atomic E-state index is -0.155. The van der Waals surface area contributed by atoms with E-state index in [1.807, 2.05) is 66.7 Å². The van der Waals surface area contributed by atoms with E-state index in [9.17, 15) is 4.79 Å². The first-order valence-corrected chi connectivity index (χ1v) is 10.4. The molecule has 1 amide bonds. The summed E-state index contributed by atoms with van der Waals surface area (Å²) in [6, 6.07) is 20.8. The van der Waals surface area contributed by atoms with Crippen LogP contribution in [0.3, 0.4) is 0 Å². The summed E-state index contributed by atoms with van der Waals surface area (Å²) in [6.07, 6.45) is 5.18. The highest BCUT2D eigenvalue weighted by Crippen LogP contribution is 2.24. The number of hydrogen-bond donors (Lipinski definition) is 2. The van der Waals surface area contributed by atoms with E-state index < -0.39 is 0 Å². The fourth-order valence-corrected chi connectivity index (χ4v) is 3.22. The second-order valence-electron chi connectivity index (χ2n) is 8.49. The molecule has 32 heavy (non-hydrogen) atoms. The second-order valence-corrected chi connectivity index (χ2v) is 8.49. The maximum atomic E-state index is 12.7. The van der Waals surface area contributed by atoms with Crippen LogP contribution in [0.2, 0.25) is 0 Å². The van der Waals surface area contributed by atoms with Gasteiger partial charge in [0.1, 0.15) is 0 Å². The number of amides is 1. The molecule has 6 nitrogen and oxygen atoms in total. The molecule has 0 aliphatic heterocycles. The molecule has 0 saturated carbocycles. The Morgan fingerprint density at radius 3 is 2.38 bits per heavy atom. The minimum Gasteiger partial charge on any atom is -0.324 e. The highest BCUT2D eigenvalue weighted by Gasteiger charge is 2.14. The topological polar surface area (TPSA) is 79.8 Å². The number of nitrogens with zero attached hydrogens (tertiary/aromatic N) is 3. The van der Waals surface area contributed by atoms with Gasteiger partial charge in [-0.25, -0.2) is 9.97 Å². The lowest BCUT2D eigenvalue weighted by atomic mass is 9.87. The van der Waals surface area contributed by atoms with Crippen molar-refractivity contribution in [2.45, 2.75) is 26.2 Å². The molecule has 2 aromatic carbocycles. The van der Waals surface area contributed by atoms with Crippen LogP contribution < -0.4 is 10.6 Å². The van der Waals surface area contributed by atoms with E-state index in [0.29, 0.717) is 17.2 Å². The molecule has 0 aliphatic rings. The molecule has 0 radical (unpaired) electrons. The normalized spacial score (nSPS) is 11.1. The summed E-state index contributed by atoms with van der Waals surface area (Å²) in [6.45, 7) is 6.45. The van der Waals surface area contributed by atoms with Crippen LogP contribution in [0.15, 0.2) is 85.3 Å². The van der Waals surface area contributed by atoms with E-state index in [1.54, 1.807) is 18.6 Å². The van der Waals surface area contributed by atoms with Gasteiger partial charge in [0.15, 0.2) is 0 Å². The van der Waals surface area contributed by atoms with E-state index in [4.69, 9.17) is 0 Å². The molecule has 0 unspecified atom stereocenters. The fraction of sp³-hybridized carbons (Fsp3) is 0.154. The third-order valence-electron chi connectivity index (χ3n) is 5.00. The summed E-state index contributed by atoms with van der Waals surface area (Å²) >= 11 is 0. The molecule has 6 heteroatoms. The zero-order valence-electron chi connectivity index (χ0n) is 18.3. The quantitative estimate of drug-likeness (QED) is 0.422. The summed E-state index contributed by atoms with van der Waals surface area (Å²) in [5.41, 5.74) is 5.00. The van der Waals surface area contributed by atoms with Crippen LogP contribution >= 0.6 is 0 Å². The number of anilines is 3. The molecule has 2 N–H and O–H groups in total. The van der Waals surface area contributed by atoms with Gasteiger partial charge in [-0.1, -0.05) is 39.0 Å². The van der Waals surface area contributed by atoms with Crippen LogP contribution in [0.1, 0.15) is 36.7 Å². The SMILES string of the molecule is CC(C)(C)c1ccc(C(=O)Nc2cccc(Nc3nccc(-c4cccnc4)n3)c2)cc1. The summed E-state index contributed by atoms with van der Waals surface area (Å²) < 4.78 is 0. The van der Waals surface area contributed by atoms with Crippen molar-refractivity contribution in [2.75, 3.05) is 10.6 Å². The number of hydrogen-bond acceptors (Lipinski definition) is 5. The van der Waals surface area contributed by atoms with Gasteiger partial charge < -0.3 is 10.6 Å². The summed E-state index contributed by atoms with van der Waals surface area (Å²) in [5, 5.41) is 6.15. The number of pyridine rings is 1. The predicted octanol–water partition coefficient (Wildman–Crippen LogP) is 5.83. The van der Waals surface area contributed by atoms with Crippen molar-refractivity contribution in [3.8, 4) is 11.3 Å². The maximum Gasteiger partial charge on any atom is 0.255 e. The lowest BCUT2D eigenvalue weighted by Crippen LogP contribution is -2.14. The number of rotatable bonds is 5. The van der Waals surface area contributed by atoms with E-state index >= 15 is 0 Å². The molecule has 0 bridgehead atoms. The standard InChI is InChI=1S/C26H25N5O/c1-26(2,3)20-11-9-18(10-12-20)24(32)29-21-7-4-8-22(16-21)30-25-28-15-13-23(31-25)19-6-5-14-27-17-19/h4-17H,1-3H3,(H,29,32)(H,28,30,31). The predicted molar refractivity (Wildman–Crippen MR) is 128 cm³/mol. The van der Waals surface area contributed by atoms with Gasteiger partial charge in [0, 0.05) is 41.1 Å². The number of carbonyl (C=O) groups excluding carboxylic acids is 1. The number of aromatic nitrogens is 3. The third-order valence-corrected chi connectivity index (χ3v) is 5.00. The lowest BCUT2D eigenvalue weighted by molar-refractivity contribution is 0.102. The first-order valence-electron chi connectivity index (χ1n) is 10.4. The molecule has 0 spiro atoms. The molecule has 4 rings (SSSR count). The molecular weight excluding hydrogens is 398 g/mol. The summed E-state index contributed by atoms with van der Waals surface area (Å²) in [5.74, 6) is 0.310. The lowest BCUT2D eigenvalue weighted by Gasteiger charge is -2.19. The molecule has 4 aromatic rings. The van der Waals surface area contributed by atoms with Crippen LogP contribution in [-0.4, -0.2) is 20.9 Å². The monoisotopic (exact) mass is 423 g/mol. The largest absolute Gasteiger partial charge is 0.324 e. The van der Waals surface area contributed by atoms with Crippen LogP contribution in [0, 0.1) is 0 Å². The van der Waals surface area contributed by atoms with Gasteiger partial charge in [-0.2, -0.15) is 0 Å². The van der Waals surface area contributed by atoms with Crippen molar-refractivity contribution < 1.29 is 4.79 Å². The van der Waals surface area contributed by atoms with E-state index in [2.05, 4.69) is 46.4 Å². The van der Waals surface area contributed by atoms with Crippen molar-refractivity contribution in [3.63, 3.8) is 0 Å². The van der Waals surface area contributed by atoms with Gasteiger partial charge in [0.2, 0.25) is 5.95 Å². The zero-order valence-corrected chi connectivity index (χ0v) is 18.3. The van der Waals surface area contributed by atoms with Crippen molar-refractivity contribution in [3.05, 3.63) is 96.4 Å². The highest BCUT2D eigenvalue weighted by atomic mass is 16.1. The van der Waals surface area contributed by atoms with E-state index in [1.165, 1.54) is 5.56 Å². The van der Waals surface area contributed by atoms with E-state index in [-0.39, 0.29) is 11.3 Å².